The summed E-state index contributed by atoms with van der Waals surface area (Å²) < 4.78 is 0. The molecule has 0 aliphatic rings. The minimum atomic E-state index is -1.32. The van der Waals surface area contributed by atoms with E-state index in [4.69, 9.17) is 10.2 Å². The van der Waals surface area contributed by atoms with Gasteiger partial charge in [-0.1, -0.05) is 30.3 Å². The summed E-state index contributed by atoms with van der Waals surface area (Å²) >= 11 is 0. The Labute approximate surface area is 98.0 Å². The topological polar surface area (TPSA) is 57.5 Å². The molecule has 63 valence electrons. The van der Waals surface area contributed by atoms with Crippen molar-refractivity contribution in [1.29, 1.82) is 0 Å². The fraction of sp³-hybridized carbons (Fsp3) is 0. The maximum absolute atomic E-state index is 10.2. The van der Waals surface area contributed by atoms with Crippen LogP contribution in [0.15, 0.2) is 36.1 Å². The van der Waals surface area contributed by atoms with Gasteiger partial charge in [0.15, 0.2) is 0 Å². The molecular formula is C9H8NaO3. The van der Waals surface area contributed by atoms with Crippen molar-refractivity contribution in [2.24, 2.45) is 0 Å². The number of carboxylic acids is 1. The molecule has 0 spiro atoms. The van der Waals surface area contributed by atoms with Gasteiger partial charge in [0.1, 0.15) is 0 Å². The van der Waals surface area contributed by atoms with Crippen molar-refractivity contribution in [2.45, 2.75) is 0 Å². The third kappa shape index (κ3) is 4.12. The third-order valence-electron chi connectivity index (χ3n) is 1.32. The van der Waals surface area contributed by atoms with Gasteiger partial charge >= 0.3 is 5.97 Å². The number of hydrogen-bond donors (Lipinski definition) is 2. The second-order valence-corrected chi connectivity index (χ2v) is 2.25. The smallest absolute Gasteiger partial charge is 0.370 e. The Hall–Kier alpha value is -0.770. The van der Waals surface area contributed by atoms with Crippen molar-refractivity contribution in [3.05, 3.63) is 41.7 Å². The van der Waals surface area contributed by atoms with E-state index in [1.54, 1.807) is 24.3 Å². The number of carbonyl (C=O) groups is 1. The third-order valence-corrected chi connectivity index (χ3v) is 1.32. The molecule has 4 heteroatoms. The zero-order valence-corrected chi connectivity index (χ0v) is 9.27. The number of aliphatic carboxylic acids is 1. The largest absolute Gasteiger partial charge is 0.502 e. The molecule has 1 aromatic rings. The van der Waals surface area contributed by atoms with Crippen LogP contribution in [0.1, 0.15) is 5.56 Å². The molecule has 1 aromatic carbocycles. The van der Waals surface area contributed by atoms with E-state index in [2.05, 4.69) is 0 Å². The molecule has 1 radical (unpaired) electrons. The SMILES string of the molecule is O=C(O)C(O)=Cc1ccccc1.[Na]. The van der Waals surface area contributed by atoms with E-state index >= 15 is 0 Å². The van der Waals surface area contributed by atoms with Crippen LogP contribution < -0.4 is 0 Å². The van der Waals surface area contributed by atoms with Gasteiger partial charge < -0.3 is 10.2 Å². The fourth-order valence-electron chi connectivity index (χ4n) is 0.769. The summed E-state index contributed by atoms with van der Waals surface area (Å²) in [6.07, 6.45) is 1.20. The molecule has 1 rings (SSSR count). The maximum Gasteiger partial charge on any atom is 0.370 e. The van der Waals surface area contributed by atoms with Crippen molar-refractivity contribution < 1.29 is 15.0 Å². The van der Waals surface area contributed by atoms with E-state index < -0.39 is 11.7 Å². The molecular weight excluding hydrogens is 179 g/mol. The van der Waals surface area contributed by atoms with Gasteiger partial charge in [-0.25, -0.2) is 4.79 Å². The first-order valence-corrected chi connectivity index (χ1v) is 3.39. The van der Waals surface area contributed by atoms with Crippen LogP contribution in [-0.2, 0) is 4.79 Å². The van der Waals surface area contributed by atoms with Crippen LogP contribution in [0.5, 0.6) is 0 Å². The number of aliphatic hydroxyl groups is 1. The molecule has 2 N–H and O–H groups in total. The molecule has 0 saturated heterocycles. The zero-order valence-electron chi connectivity index (χ0n) is 7.27. The van der Waals surface area contributed by atoms with Crippen molar-refractivity contribution in [2.75, 3.05) is 0 Å². The first-order valence-electron chi connectivity index (χ1n) is 3.39. The van der Waals surface area contributed by atoms with E-state index in [-0.39, 0.29) is 29.6 Å². The van der Waals surface area contributed by atoms with Crippen LogP contribution in [0.25, 0.3) is 6.08 Å². The van der Waals surface area contributed by atoms with E-state index in [9.17, 15) is 4.79 Å². The number of rotatable bonds is 2. The Balaban J connectivity index is 0.00000144. The molecule has 13 heavy (non-hydrogen) atoms. The number of benzene rings is 1. The van der Waals surface area contributed by atoms with Gasteiger partial charge in [-0.2, -0.15) is 0 Å². The molecule has 0 atom stereocenters. The molecule has 3 nitrogen and oxygen atoms in total. The summed E-state index contributed by atoms with van der Waals surface area (Å²) in [5.41, 5.74) is 0.664. The normalized spacial score (nSPS) is 10.3. The Bertz CT molecular complexity index is 306. The molecule has 0 heterocycles. The Morgan fingerprint density at radius 2 is 1.69 bits per heavy atom. The second-order valence-electron chi connectivity index (χ2n) is 2.25. The predicted octanol–water partition coefficient (Wildman–Crippen LogP) is 1.29. The maximum atomic E-state index is 10.2. The first kappa shape index (κ1) is 12.2. The summed E-state index contributed by atoms with van der Waals surface area (Å²) in [6, 6.07) is 8.76. The molecule has 0 fully saturated rings. The van der Waals surface area contributed by atoms with Gasteiger partial charge in [-0.15, -0.1) is 0 Å². The van der Waals surface area contributed by atoms with Crippen molar-refractivity contribution >= 4 is 41.6 Å². The zero-order chi connectivity index (χ0) is 8.97. The van der Waals surface area contributed by atoms with Gasteiger partial charge in [-0.05, 0) is 11.6 Å². The molecule has 0 unspecified atom stereocenters. The minimum Gasteiger partial charge on any atom is -0.502 e. The molecule has 0 amide bonds. The van der Waals surface area contributed by atoms with E-state index in [0.717, 1.165) is 0 Å². The Morgan fingerprint density at radius 3 is 2.15 bits per heavy atom. The average Bonchev–Trinajstić information content (AvgIpc) is 2.06. The molecule has 0 aliphatic carbocycles. The van der Waals surface area contributed by atoms with Gasteiger partial charge in [0.2, 0.25) is 5.76 Å². The summed E-state index contributed by atoms with van der Waals surface area (Å²) in [5, 5.41) is 17.2. The number of hydrogen-bond acceptors (Lipinski definition) is 2. The molecule has 0 saturated carbocycles. The van der Waals surface area contributed by atoms with E-state index in [1.807, 2.05) is 6.07 Å². The average molecular weight is 187 g/mol. The van der Waals surface area contributed by atoms with Gasteiger partial charge in [-0.3, -0.25) is 0 Å². The first-order chi connectivity index (χ1) is 5.70. The summed E-state index contributed by atoms with van der Waals surface area (Å²) in [5.74, 6) is -1.97. The van der Waals surface area contributed by atoms with Crippen LogP contribution in [-0.4, -0.2) is 45.7 Å². The second kappa shape index (κ2) is 5.80. The summed E-state index contributed by atoms with van der Waals surface area (Å²) in [6.45, 7) is 0. The van der Waals surface area contributed by atoms with E-state index in [0.29, 0.717) is 5.56 Å². The van der Waals surface area contributed by atoms with Gasteiger partial charge in [0, 0.05) is 29.6 Å². The monoisotopic (exact) mass is 187 g/mol. The van der Waals surface area contributed by atoms with Crippen LogP contribution in [0, 0.1) is 0 Å². The quantitative estimate of drug-likeness (QED) is 0.416. The van der Waals surface area contributed by atoms with Gasteiger partial charge in [0.25, 0.3) is 0 Å². The Morgan fingerprint density at radius 1 is 1.15 bits per heavy atom. The predicted molar refractivity (Wildman–Crippen MR) is 50.4 cm³/mol. The van der Waals surface area contributed by atoms with Crippen LogP contribution in [0.4, 0.5) is 0 Å². The standard InChI is InChI=1S/C9H8O3.Na/c10-8(9(11)12)6-7-4-2-1-3-5-7;/h1-6,10H,(H,11,12);. The van der Waals surface area contributed by atoms with Crippen molar-refractivity contribution in [3.8, 4) is 0 Å². The molecule has 0 aliphatic heterocycles. The Kier molecular flexibility index (Phi) is 5.46. The molecule has 0 aromatic heterocycles. The van der Waals surface area contributed by atoms with Crippen molar-refractivity contribution in [1.82, 2.24) is 0 Å². The fourth-order valence-corrected chi connectivity index (χ4v) is 0.769. The van der Waals surface area contributed by atoms with Crippen LogP contribution in [0.3, 0.4) is 0 Å². The van der Waals surface area contributed by atoms with Crippen molar-refractivity contribution in [3.63, 3.8) is 0 Å². The summed E-state index contributed by atoms with van der Waals surface area (Å²) in [4.78, 5) is 10.2. The summed E-state index contributed by atoms with van der Waals surface area (Å²) in [7, 11) is 0. The minimum absolute atomic E-state index is 0. The number of carboxylic acid groups (broad SMARTS) is 1. The van der Waals surface area contributed by atoms with Gasteiger partial charge in [0.05, 0.1) is 0 Å². The van der Waals surface area contributed by atoms with Crippen LogP contribution >= 0.6 is 0 Å². The molecule has 0 bridgehead atoms. The van der Waals surface area contributed by atoms with E-state index in [1.165, 1.54) is 6.08 Å². The van der Waals surface area contributed by atoms with Crippen LogP contribution in [0.2, 0.25) is 0 Å². The number of aliphatic hydroxyl groups excluding tert-OH is 1.